The molecule has 0 unspecified atom stereocenters. The first kappa shape index (κ1) is 14.2. The van der Waals surface area contributed by atoms with Gasteiger partial charge in [0.2, 0.25) is 11.5 Å². The van der Waals surface area contributed by atoms with Gasteiger partial charge in [0, 0.05) is 0 Å². The molecule has 96 valence electrons. The maximum atomic E-state index is 11.6. The molecule has 5 nitrogen and oxygen atoms in total. The van der Waals surface area contributed by atoms with Crippen LogP contribution in [-0.4, -0.2) is 30.5 Å². The highest BCUT2D eigenvalue weighted by molar-refractivity contribution is 6.67. The number of benzene rings is 1. The molecular formula is C12H12ClNO4. The van der Waals surface area contributed by atoms with Gasteiger partial charge in [-0.05, 0) is 5.56 Å². The van der Waals surface area contributed by atoms with Crippen molar-refractivity contribution in [3.63, 3.8) is 0 Å². The van der Waals surface area contributed by atoms with E-state index in [1.54, 1.807) is 12.1 Å². The van der Waals surface area contributed by atoms with Crippen LogP contribution in [0.15, 0.2) is 35.5 Å². The molecule has 0 aliphatic heterocycles. The lowest BCUT2D eigenvalue weighted by Gasteiger charge is -2.05. The number of hydrogen-bond acceptors (Lipinski definition) is 5. The Morgan fingerprint density at radius 3 is 2.50 bits per heavy atom. The summed E-state index contributed by atoms with van der Waals surface area (Å²) in [6.45, 7) is 0.0535. The van der Waals surface area contributed by atoms with Crippen LogP contribution in [0.25, 0.3) is 0 Å². The molecule has 0 fully saturated rings. The lowest BCUT2D eigenvalue weighted by atomic mass is 10.2. The van der Waals surface area contributed by atoms with Gasteiger partial charge in [-0.2, -0.15) is 0 Å². The second-order valence-corrected chi connectivity index (χ2v) is 3.51. The standard InChI is InChI=1S/C12H12ClNO4/c1-17-14-11(10(15)7-13)12(16)18-8-9-5-3-2-4-6-9/h2-6H,7-8H2,1H3. The molecule has 0 heterocycles. The van der Waals surface area contributed by atoms with Gasteiger partial charge in [0.1, 0.15) is 13.7 Å². The number of ketones is 1. The van der Waals surface area contributed by atoms with Crippen molar-refractivity contribution in [1.82, 2.24) is 0 Å². The average molecular weight is 270 g/mol. The van der Waals surface area contributed by atoms with Gasteiger partial charge in [-0.1, -0.05) is 35.5 Å². The molecule has 0 atom stereocenters. The highest BCUT2D eigenvalue weighted by Gasteiger charge is 2.22. The van der Waals surface area contributed by atoms with Gasteiger partial charge in [-0.25, -0.2) is 4.79 Å². The number of halogens is 1. The number of nitrogens with zero attached hydrogens (tertiary/aromatic N) is 1. The number of alkyl halides is 1. The first-order valence-electron chi connectivity index (χ1n) is 5.10. The summed E-state index contributed by atoms with van der Waals surface area (Å²) >= 11 is 5.35. The number of carbonyl (C=O) groups excluding carboxylic acids is 2. The number of rotatable bonds is 6. The van der Waals surface area contributed by atoms with Crippen molar-refractivity contribution in [2.45, 2.75) is 6.61 Å². The number of oxime groups is 1. The zero-order valence-electron chi connectivity index (χ0n) is 9.76. The van der Waals surface area contributed by atoms with Gasteiger partial charge in [0.05, 0.1) is 5.88 Å². The predicted octanol–water partition coefficient (Wildman–Crippen LogP) is 1.54. The largest absolute Gasteiger partial charge is 0.456 e. The van der Waals surface area contributed by atoms with Crippen LogP contribution in [0.5, 0.6) is 0 Å². The first-order valence-corrected chi connectivity index (χ1v) is 5.64. The van der Waals surface area contributed by atoms with Gasteiger partial charge in [0.15, 0.2) is 0 Å². The predicted molar refractivity (Wildman–Crippen MR) is 66.4 cm³/mol. The van der Waals surface area contributed by atoms with Crippen LogP contribution >= 0.6 is 11.6 Å². The zero-order chi connectivity index (χ0) is 13.4. The number of carbonyl (C=O) groups is 2. The fourth-order valence-corrected chi connectivity index (χ4v) is 1.27. The molecule has 0 aliphatic carbocycles. The molecule has 0 N–H and O–H groups in total. The molecular weight excluding hydrogens is 258 g/mol. The molecule has 0 aliphatic rings. The van der Waals surface area contributed by atoms with Crippen LogP contribution in [0.4, 0.5) is 0 Å². The van der Waals surface area contributed by atoms with E-state index in [0.29, 0.717) is 0 Å². The molecule has 1 aromatic rings. The van der Waals surface area contributed by atoms with E-state index in [0.717, 1.165) is 5.56 Å². The van der Waals surface area contributed by atoms with Gasteiger partial charge in [0.25, 0.3) is 0 Å². The number of ether oxygens (including phenoxy) is 1. The second kappa shape index (κ2) is 7.45. The third kappa shape index (κ3) is 4.18. The second-order valence-electron chi connectivity index (χ2n) is 3.24. The summed E-state index contributed by atoms with van der Waals surface area (Å²) < 4.78 is 4.94. The Balaban J connectivity index is 2.63. The Kier molecular flexibility index (Phi) is 5.87. The van der Waals surface area contributed by atoms with Gasteiger partial charge in [-0.15, -0.1) is 11.6 Å². The molecule has 0 radical (unpaired) electrons. The lowest BCUT2D eigenvalue weighted by molar-refractivity contribution is -0.137. The first-order chi connectivity index (χ1) is 8.69. The van der Waals surface area contributed by atoms with E-state index in [1.807, 2.05) is 18.2 Å². The van der Waals surface area contributed by atoms with Crippen molar-refractivity contribution in [1.29, 1.82) is 0 Å². The maximum Gasteiger partial charge on any atom is 0.364 e. The number of esters is 1. The molecule has 1 aromatic carbocycles. The highest BCUT2D eigenvalue weighted by Crippen LogP contribution is 2.02. The van der Waals surface area contributed by atoms with E-state index in [1.165, 1.54) is 7.11 Å². The van der Waals surface area contributed by atoms with Crippen molar-refractivity contribution in [3.8, 4) is 0 Å². The molecule has 0 saturated heterocycles. The van der Waals surface area contributed by atoms with Crippen LogP contribution < -0.4 is 0 Å². The average Bonchev–Trinajstić information content (AvgIpc) is 2.42. The third-order valence-corrected chi connectivity index (χ3v) is 2.22. The molecule has 0 saturated carbocycles. The van der Waals surface area contributed by atoms with E-state index in [2.05, 4.69) is 9.99 Å². The molecule has 0 bridgehead atoms. The smallest absolute Gasteiger partial charge is 0.364 e. The minimum Gasteiger partial charge on any atom is -0.456 e. The van der Waals surface area contributed by atoms with Crippen LogP contribution in [-0.2, 0) is 25.8 Å². The SMILES string of the molecule is CON=C(C(=O)CCl)C(=O)OCc1ccccc1. The monoisotopic (exact) mass is 269 g/mol. The molecule has 6 heteroatoms. The Hall–Kier alpha value is -1.88. The van der Waals surface area contributed by atoms with Crippen LogP contribution in [0, 0.1) is 0 Å². The van der Waals surface area contributed by atoms with E-state index < -0.39 is 17.5 Å². The third-order valence-electron chi connectivity index (χ3n) is 1.97. The maximum absolute atomic E-state index is 11.6. The van der Waals surface area contributed by atoms with Crippen molar-refractivity contribution < 1.29 is 19.2 Å². The van der Waals surface area contributed by atoms with Crippen molar-refractivity contribution in [3.05, 3.63) is 35.9 Å². The van der Waals surface area contributed by atoms with Gasteiger partial charge < -0.3 is 9.57 Å². The Morgan fingerprint density at radius 1 is 1.28 bits per heavy atom. The normalized spacial score (nSPS) is 10.9. The minimum atomic E-state index is -0.855. The summed E-state index contributed by atoms with van der Waals surface area (Å²) in [7, 11) is 1.23. The summed E-state index contributed by atoms with van der Waals surface area (Å²) in [6, 6.07) is 9.07. The van der Waals surface area contributed by atoms with Crippen LogP contribution in [0.3, 0.4) is 0 Å². The summed E-state index contributed by atoms with van der Waals surface area (Å²) in [5.74, 6) is -1.86. The van der Waals surface area contributed by atoms with Gasteiger partial charge in [-0.3, -0.25) is 4.79 Å². The summed E-state index contributed by atoms with van der Waals surface area (Å²) in [5, 5.41) is 3.32. The Labute approximate surface area is 109 Å². The Bertz CT molecular complexity index is 445. The zero-order valence-corrected chi connectivity index (χ0v) is 10.5. The summed E-state index contributed by atoms with van der Waals surface area (Å²) in [5.41, 5.74) is 0.365. The van der Waals surface area contributed by atoms with Crippen LogP contribution in [0.1, 0.15) is 5.56 Å². The van der Waals surface area contributed by atoms with E-state index in [9.17, 15) is 9.59 Å². The van der Waals surface area contributed by atoms with E-state index in [-0.39, 0.29) is 12.5 Å². The molecule has 0 spiro atoms. The minimum absolute atomic E-state index is 0.0535. The van der Waals surface area contributed by atoms with Crippen molar-refractivity contribution in [2.24, 2.45) is 5.16 Å². The van der Waals surface area contributed by atoms with Crippen molar-refractivity contribution >= 4 is 29.1 Å². The molecule has 18 heavy (non-hydrogen) atoms. The summed E-state index contributed by atoms with van der Waals surface area (Å²) in [6.07, 6.45) is 0. The topological polar surface area (TPSA) is 65.0 Å². The van der Waals surface area contributed by atoms with Gasteiger partial charge >= 0.3 is 5.97 Å². The fourth-order valence-electron chi connectivity index (χ4n) is 1.15. The quantitative estimate of drug-likeness (QED) is 0.258. The van der Waals surface area contributed by atoms with Crippen LogP contribution in [0.2, 0.25) is 0 Å². The van der Waals surface area contributed by atoms with Crippen molar-refractivity contribution in [2.75, 3.05) is 13.0 Å². The summed E-state index contributed by atoms with van der Waals surface area (Å²) in [4.78, 5) is 27.3. The van der Waals surface area contributed by atoms with E-state index in [4.69, 9.17) is 16.3 Å². The molecule has 1 rings (SSSR count). The number of hydrogen-bond donors (Lipinski definition) is 0. The fraction of sp³-hybridized carbons (Fsp3) is 0.250. The Morgan fingerprint density at radius 2 is 1.94 bits per heavy atom. The molecule has 0 amide bonds. The van der Waals surface area contributed by atoms with E-state index >= 15 is 0 Å². The lowest BCUT2D eigenvalue weighted by Crippen LogP contribution is -2.27. The highest BCUT2D eigenvalue weighted by atomic mass is 35.5. The molecule has 0 aromatic heterocycles. The number of Topliss-reactive ketones (excluding diaryl/α,β-unsaturated/α-hetero) is 1.